The van der Waals surface area contributed by atoms with E-state index in [1.54, 1.807) is 18.2 Å². The molecule has 6 nitrogen and oxygen atoms in total. The largest absolute Gasteiger partial charge is 0.506 e. The van der Waals surface area contributed by atoms with E-state index >= 15 is 0 Å². The van der Waals surface area contributed by atoms with E-state index in [0.717, 1.165) is 5.56 Å². The predicted octanol–water partition coefficient (Wildman–Crippen LogP) is 3.81. The summed E-state index contributed by atoms with van der Waals surface area (Å²) in [5, 5.41) is 16.2. The smallest absolute Gasteiger partial charge is 0.232 e. The van der Waals surface area contributed by atoms with E-state index < -0.39 is 0 Å². The Bertz CT molecular complexity index is 821. The van der Waals surface area contributed by atoms with Gasteiger partial charge in [-0.1, -0.05) is 42.5 Å². The second kappa shape index (κ2) is 6.95. The highest BCUT2D eigenvalue weighted by Gasteiger charge is 2.10. The van der Waals surface area contributed by atoms with Crippen molar-refractivity contribution in [1.82, 2.24) is 15.0 Å². The number of hydrogen-bond donors (Lipinski definition) is 3. The maximum absolute atomic E-state index is 9.92. The first-order valence-corrected chi connectivity index (χ1v) is 7.75. The number of anilines is 3. The van der Waals surface area contributed by atoms with Crippen LogP contribution in [0.25, 0.3) is 11.4 Å². The van der Waals surface area contributed by atoms with Gasteiger partial charge in [0.2, 0.25) is 11.9 Å². The molecule has 0 unspecified atom stereocenters. The van der Waals surface area contributed by atoms with E-state index in [2.05, 4.69) is 25.6 Å². The van der Waals surface area contributed by atoms with Crippen molar-refractivity contribution < 1.29 is 5.11 Å². The number of hydrogen-bond acceptors (Lipinski definition) is 6. The molecule has 0 aliphatic rings. The summed E-state index contributed by atoms with van der Waals surface area (Å²) in [6.07, 6.45) is 0. The number of phenolic OH excluding ortho intramolecular Hbond substituents is 1. The van der Waals surface area contributed by atoms with E-state index in [1.165, 1.54) is 0 Å². The second-order valence-corrected chi connectivity index (χ2v) is 5.61. The molecule has 0 saturated carbocycles. The summed E-state index contributed by atoms with van der Waals surface area (Å²) in [5.74, 6) is 1.55. The van der Waals surface area contributed by atoms with Crippen LogP contribution in [0.1, 0.15) is 13.8 Å². The molecule has 0 atom stereocenters. The zero-order chi connectivity index (χ0) is 16.9. The zero-order valence-electron chi connectivity index (χ0n) is 13.6. The summed E-state index contributed by atoms with van der Waals surface area (Å²) in [4.78, 5) is 13.3. The number of aromatic nitrogens is 3. The molecular weight excluding hydrogens is 302 g/mol. The lowest BCUT2D eigenvalue weighted by Crippen LogP contribution is -2.14. The van der Waals surface area contributed by atoms with Gasteiger partial charge < -0.3 is 15.7 Å². The lowest BCUT2D eigenvalue weighted by atomic mass is 10.2. The first-order valence-electron chi connectivity index (χ1n) is 7.75. The fraction of sp³-hybridized carbons (Fsp3) is 0.167. The highest BCUT2D eigenvalue weighted by molar-refractivity contribution is 5.64. The zero-order valence-corrected chi connectivity index (χ0v) is 13.6. The standard InChI is InChI=1S/C18H19N5O/c1-12(2)19-17-21-16(13-8-4-3-5-9-13)22-18(23-17)20-14-10-6-7-11-15(14)24/h3-12,24H,1-2H3,(H2,19,20,21,22,23). The Morgan fingerprint density at radius 2 is 1.50 bits per heavy atom. The molecule has 0 spiro atoms. The van der Waals surface area contributed by atoms with Crippen LogP contribution in [0.4, 0.5) is 17.6 Å². The van der Waals surface area contributed by atoms with Crippen molar-refractivity contribution >= 4 is 17.6 Å². The molecule has 1 heterocycles. The summed E-state index contributed by atoms with van der Waals surface area (Å²) < 4.78 is 0. The molecule has 0 bridgehead atoms. The van der Waals surface area contributed by atoms with Crippen LogP contribution in [0.5, 0.6) is 5.75 Å². The maximum atomic E-state index is 9.92. The fourth-order valence-electron chi connectivity index (χ4n) is 2.17. The molecule has 1 aromatic heterocycles. The molecule has 3 N–H and O–H groups in total. The summed E-state index contributed by atoms with van der Waals surface area (Å²) in [7, 11) is 0. The number of nitrogens with zero attached hydrogens (tertiary/aromatic N) is 3. The van der Waals surface area contributed by atoms with Crippen molar-refractivity contribution in [3.05, 3.63) is 54.6 Å². The Balaban J connectivity index is 2.00. The molecule has 0 amide bonds. The van der Waals surface area contributed by atoms with Gasteiger partial charge in [0.15, 0.2) is 5.82 Å². The highest BCUT2D eigenvalue weighted by Crippen LogP contribution is 2.26. The fourth-order valence-corrected chi connectivity index (χ4v) is 2.17. The van der Waals surface area contributed by atoms with Gasteiger partial charge in [-0.2, -0.15) is 15.0 Å². The van der Waals surface area contributed by atoms with Gasteiger partial charge in [-0.05, 0) is 26.0 Å². The maximum Gasteiger partial charge on any atom is 0.232 e. The van der Waals surface area contributed by atoms with E-state index in [1.807, 2.05) is 50.2 Å². The lowest BCUT2D eigenvalue weighted by molar-refractivity contribution is 0.477. The minimum absolute atomic E-state index is 0.137. The number of para-hydroxylation sites is 2. The van der Waals surface area contributed by atoms with Crippen LogP contribution in [0, 0.1) is 0 Å². The normalized spacial score (nSPS) is 10.6. The Kier molecular flexibility index (Phi) is 4.56. The van der Waals surface area contributed by atoms with E-state index in [0.29, 0.717) is 23.4 Å². The van der Waals surface area contributed by atoms with Crippen molar-refractivity contribution in [3.8, 4) is 17.1 Å². The summed E-state index contributed by atoms with van der Waals surface area (Å²) >= 11 is 0. The van der Waals surface area contributed by atoms with Gasteiger partial charge in [0, 0.05) is 11.6 Å². The molecule has 122 valence electrons. The van der Waals surface area contributed by atoms with Crippen LogP contribution in [0.2, 0.25) is 0 Å². The van der Waals surface area contributed by atoms with Crippen molar-refractivity contribution in [2.24, 2.45) is 0 Å². The topological polar surface area (TPSA) is 83.0 Å². The van der Waals surface area contributed by atoms with Crippen LogP contribution in [0.3, 0.4) is 0 Å². The molecule has 3 rings (SSSR count). The average Bonchev–Trinajstić information content (AvgIpc) is 2.57. The van der Waals surface area contributed by atoms with E-state index in [9.17, 15) is 5.11 Å². The van der Waals surface area contributed by atoms with Gasteiger partial charge in [0.1, 0.15) is 5.75 Å². The molecule has 6 heteroatoms. The van der Waals surface area contributed by atoms with E-state index in [-0.39, 0.29) is 11.8 Å². The first-order chi connectivity index (χ1) is 11.6. The Labute approximate surface area is 140 Å². The summed E-state index contributed by atoms with van der Waals surface area (Å²) in [6, 6.07) is 16.8. The monoisotopic (exact) mass is 321 g/mol. The van der Waals surface area contributed by atoms with E-state index in [4.69, 9.17) is 0 Å². The third-order valence-electron chi connectivity index (χ3n) is 3.24. The SMILES string of the molecule is CC(C)Nc1nc(Nc2ccccc2O)nc(-c2ccccc2)n1. The predicted molar refractivity (Wildman–Crippen MR) is 95.4 cm³/mol. The number of benzene rings is 2. The summed E-state index contributed by atoms with van der Waals surface area (Å²) in [6.45, 7) is 4.03. The number of rotatable bonds is 5. The minimum Gasteiger partial charge on any atom is -0.506 e. The minimum atomic E-state index is 0.137. The molecule has 0 radical (unpaired) electrons. The van der Waals surface area contributed by atoms with Gasteiger partial charge in [-0.15, -0.1) is 0 Å². The first kappa shape index (κ1) is 15.7. The lowest BCUT2D eigenvalue weighted by Gasteiger charge is -2.12. The van der Waals surface area contributed by atoms with Crippen LogP contribution in [-0.2, 0) is 0 Å². The highest BCUT2D eigenvalue weighted by atomic mass is 16.3. The van der Waals surface area contributed by atoms with Crippen molar-refractivity contribution in [2.45, 2.75) is 19.9 Å². The molecule has 0 aliphatic heterocycles. The van der Waals surface area contributed by atoms with Crippen molar-refractivity contribution in [1.29, 1.82) is 0 Å². The Morgan fingerprint density at radius 1 is 0.833 bits per heavy atom. The molecule has 0 fully saturated rings. The molecule has 0 saturated heterocycles. The Hall–Kier alpha value is -3.15. The number of nitrogens with one attached hydrogen (secondary N) is 2. The van der Waals surface area contributed by atoms with Crippen molar-refractivity contribution in [2.75, 3.05) is 10.6 Å². The second-order valence-electron chi connectivity index (χ2n) is 5.61. The molecular formula is C18H19N5O. The van der Waals surface area contributed by atoms with Crippen molar-refractivity contribution in [3.63, 3.8) is 0 Å². The number of phenols is 1. The average molecular weight is 321 g/mol. The quantitative estimate of drug-likeness (QED) is 0.620. The molecule has 2 aromatic carbocycles. The van der Waals surface area contributed by atoms with Crippen LogP contribution in [0.15, 0.2) is 54.6 Å². The van der Waals surface area contributed by atoms with Crippen LogP contribution < -0.4 is 10.6 Å². The Morgan fingerprint density at radius 3 is 2.21 bits per heavy atom. The molecule has 0 aliphatic carbocycles. The van der Waals surface area contributed by atoms with Gasteiger partial charge in [0.05, 0.1) is 5.69 Å². The molecule has 24 heavy (non-hydrogen) atoms. The third kappa shape index (κ3) is 3.78. The van der Waals surface area contributed by atoms with Gasteiger partial charge >= 0.3 is 0 Å². The van der Waals surface area contributed by atoms with Gasteiger partial charge in [-0.25, -0.2) is 0 Å². The number of aromatic hydroxyl groups is 1. The van der Waals surface area contributed by atoms with Gasteiger partial charge in [0.25, 0.3) is 0 Å². The van der Waals surface area contributed by atoms with Crippen LogP contribution >= 0.6 is 0 Å². The van der Waals surface area contributed by atoms with Crippen LogP contribution in [-0.4, -0.2) is 26.1 Å². The third-order valence-corrected chi connectivity index (χ3v) is 3.24. The van der Waals surface area contributed by atoms with Gasteiger partial charge in [-0.3, -0.25) is 0 Å². The molecule has 3 aromatic rings. The summed E-state index contributed by atoms with van der Waals surface area (Å²) in [5.41, 5.74) is 1.44.